The van der Waals surface area contributed by atoms with Crippen molar-refractivity contribution in [1.82, 2.24) is 14.9 Å². The van der Waals surface area contributed by atoms with Crippen molar-refractivity contribution in [2.45, 2.75) is 14.0 Å². The molecule has 0 saturated carbocycles. The van der Waals surface area contributed by atoms with Gasteiger partial charge in [-0.2, -0.15) is 0 Å². The van der Waals surface area contributed by atoms with Crippen molar-refractivity contribution < 1.29 is 5.03 Å². The van der Waals surface area contributed by atoms with Crippen LogP contribution in [0.2, 0.25) is 5.15 Å². The average molecular weight is 349 g/mol. The van der Waals surface area contributed by atoms with Crippen LogP contribution in [-0.4, -0.2) is 38.9 Å². The van der Waals surface area contributed by atoms with Crippen LogP contribution >= 0.6 is 11.6 Å². The molecule has 0 N–H and O–H groups in total. The topological polar surface area (TPSA) is 87.8 Å². The van der Waals surface area contributed by atoms with E-state index in [-0.39, 0.29) is 13.4 Å². The van der Waals surface area contributed by atoms with Crippen molar-refractivity contribution in [2.24, 2.45) is 5.10 Å². The molecule has 24 heavy (non-hydrogen) atoms. The highest BCUT2D eigenvalue weighted by Gasteiger charge is 2.31. The van der Waals surface area contributed by atoms with E-state index in [9.17, 15) is 10.1 Å². The number of nitrogens with zero attached hydrogens (tertiary/aromatic N) is 6. The van der Waals surface area contributed by atoms with E-state index in [2.05, 4.69) is 15.1 Å². The first-order valence-electron chi connectivity index (χ1n) is 6.89. The molecule has 126 valence electrons. The lowest BCUT2D eigenvalue weighted by molar-refractivity contribution is -0.485. The molecule has 1 fully saturated rings. The van der Waals surface area contributed by atoms with Gasteiger partial charge < -0.3 is 9.80 Å². The normalized spacial score (nSPS) is 15.5. The molecule has 0 radical (unpaired) electrons. The third kappa shape index (κ3) is 3.96. The van der Waals surface area contributed by atoms with Crippen LogP contribution in [0.3, 0.4) is 0 Å². The number of halogens is 1. The van der Waals surface area contributed by atoms with Gasteiger partial charge in [-0.1, -0.05) is 25.1 Å². The zero-order valence-corrected chi connectivity index (χ0v) is 12.8. The molecule has 1 aliphatic heterocycles. The monoisotopic (exact) mass is 348 g/mol. The predicted octanol–water partition coefficient (Wildman–Crippen LogP) is 2.64. The molecule has 8 nitrogen and oxygen atoms in total. The molecule has 0 spiro atoms. The van der Waals surface area contributed by atoms with Crippen LogP contribution in [0.5, 0.6) is 0 Å². The van der Waals surface area contributed by atoms with Crippen LogP contribution in [0.4, 0.5) is 5.69 Å². The van der Waals surface area contributed by atoms with Crippen molar-refractivity contribution in [3.63, 3.8) is 0 Å². The summed E-state index contributed by atoms with van der Waals surface area (Å²) in [5, 5.41) is 14.2. The van der Waals surface area contributed by atoms with Crippen molar-refractivity contribution in [2.75, 3.05) is 18.0 Å². The Morgan fingerprint density at radius 1 is 1.29 bits per heavy atom. The Balaban J connectivity index is 0.00000208. The van der Waals surface area contributed by atoms with Crippen molar-refractivity contribution >= 4 is 23.2 Å². The third-order valence-corrected chi connectivity index (χ3v) is 3.63. The molecule has 1 aliphatic rings. The summed E-state index contributed by atoms with van der Waals surface area (Å²) in [4.78, 5) is 22.6. The highest BCUT2D eigenvalue weighted by atomic mass is 35.5. The van der Waals surface area contributed by atoms with E-state index in [1.54, 1.807) is 35.6 Å². The number of pyridine rings is 2. The first-order chi connectivity index (χ1) is 11.1. The second-order valence-electron chi connectivity index (χ2n) is 4.91. The summed E-state index contributed by atoms with van der Waals surface area (Å²) in [6, 6.07) is 7.16. The second-order valence-corrected chi connectivity index (χ2v) is 5.30. The molecule has 9 heteroatoms. The molecule has 2 aromatic heterocycles. The molecule has 0 atom stereocenters. The molecule has 3 rings (SSSR count). The van der Waals surface area contributed by atoms with Gasteiger partial charge in [0.2, 0.25) is 0 Å². The van der Waals surface area contributed by atoms with Crippen molar-refractivity contribution in [3.8, 4) is 0 Å². The molecule has 0 unspecified atom stereocenters. The van der Waals surface area contributed by atoms with Gasteiger partial charge in [-0.15, -0.1) is 0 Å². The minimum atomic E-state index is -0.683. The molecule has 3 heterocycles. The average Bonchev–Trinajstić information content (AvgIpc) is 2.92. The van der Waals surface area contributed by atoms with Crippen molar-refractivity contribution in [1.29, 1.82) is 0 Å². The molecule has 2 aromatic rings. The van der Waals surface area contributed by atoms with Crippen LogP contribution in [0, 0.1) is 10.1 Å². The zero-order chi connectivity index (χ0) is 16.2. The van der Waals surface area contributed by atoms with Crippen LogP contribution in [0.1, 0.15) is 13.0 Å². The maximum absolute atomic E-state index is 10.9. The molecule has 0 aliphatic carbocycles. The molecule has 0 amide bonds. The van der Waals surface area contributed by atoms with Gasteiger partial charge in [0.25, 0.3) is 5.96 Å². The predicted molar refractivity (Wildman–Crippen MR) is 92.4 cm³/mol. The van der Waals surface area contributed by atoms with Gasteiger partial charge in [0, 0.05) is 32.0 Å². The van der Waals surface area contributed by atoms with Crippen LogP contribution in [0.25, 0.3) is 0 Å². The Labute approximate surface area is 144 Å². The SMILES string of the molecule is C.O=[N+]([O-])/N=C1\N(Cc2ccc(Cl)nc2)CCN1c1cccnc1. The summed E-state index contributed by atoms with van der Waals surface area (Å²) in [5.41, 5.74) is 1.67. The van der Waals surface area contributed by atoms with Gasteiger partial charge in [0.1, 0.15) is 10.3 Å². The van der Waals surface area contributed by atoms with Crippen LogP contribution in [-0.2, 0) is 6.54 Å². The molecular weight excluding hydrogens is 332 g/mol. The minimum absolute atomic E-state index is 0. The minimum Gasteiger partial charge on any atom is -0.331 e. The van der Waals surface area contributed by atoms with E-state index in [0.29, 0.717) is 24.8 Å². The Hall–Kier alpha value is -2.74. The Morgan fingerprint density at radius 2 is 2.12 bits per heavy atom. The van der Waals surface area contributed by atoms with Gasteiger partial charge in [0.05, 0.1) is 11.9 Å². The summed E-state index contributed by atoms with van der Waals surface area (Å²) < 4.78 is 0. The quantitative estimate of drug-likeness (QED) is 0.479. The van der Waals surface area contributed by atoms with E-state index in [1.165, 1.54) is 0 Å². The summed E-state index contributed by atoms with van der Waals surface area (Å²) >= 11 is 5.78. The number of hydrazone groups is 1. The Morgan fingerprint density at radius 3 is 2.75 bits per heavy atom. The maximum atomic E-state index is 10.9. The Bertz CT molecular complexity index is 723. The number of rotatable bonds is 4. The lowest BCUT2D eigenvalue weighted by atomic mass is 10.3. The number of hydrogen-bond donors (Lipinski definition) is 0. The fourth-order valence-corrected chi connectivity index (χ4v) is 2.52. The lowest BCUT2D eigenvalue weighted by Crippen LogP contribution is -2.34. The number of aromatic nitrogens is 2. The van der Waals surface area contributed by atoms with Gasteiger partial charge in [-0.3, -0.25) is 4.98 Å². The standard InChI is InChI=1S/C14H13ClN6O2.CH4/c15-13-4-3-11(8-17-13)10-19-6-7-20(14(19)18-21(22)23)12-2-1-5-16-9-12;/h1-5,8-9H,6-7,10H2;1H4/b18-14+;. The van der Waals surface area contributed by atoms with E-state index >= 15 is 0 Å². The molecule has 1 saturated heterocycles. The van der Waals surface area contributed by atoms with E-state index in [1.807, 2.05) is 17.0 Å². The number of nitro groups is 1. The fourth-order valence-electron chi connectivity index (χ4n) is 2.41. The first kappa shape index (κ1) is 17.6. The smallest absolute Gasteiger partial charge is 0.278 e. The summed E-state index contributed by atoms with van der Waals surface area (Å²) in [6.45, 7) is 1.68. The van der Waals surface area contributed by atoms with Crippen LogP contribution in [0.15, 0.2) is 48.0 Å². The third-order valence-electron chi connectivity index (χ3n) is 3.41. The van der Waals surface area contributed by atoms with Crippen molar-refractivity contribution in [3.05, 3.63) is 63.7 Å². The first-order valence-corrected chi connectivity index (χ1v) is 7.27. The summed E-state index contributed by atoms with van der Waals surface area (Å²) in [6.07, 6.45) is 4.96. The maximum Gasteiger partial charge on any atom is 0.278 e. The molecule has 0 bridgehead atoms. The lowest BCUT2D eigenvalue weighted by Gasteiger charge is -2.20. The van der Waals surface area contributed by atoms with E-state index in [0.717, 1.165) is 11.3 Å². The van der Waals surface area contributed by atoms with Gasteiger partial charge in [0.15, 0.2) is 5.03 Å². The van der Waals surface area contributed by atoms with Gasteiger partial charge in [-0.25, -0.2) is 15.1 Å². The van der Waals surface area contributed by atoms with Gasteiger partial charge in [-0.05, 0) is 23.8 Å². The summed E-state index contributed by atoms with van der Waals surface area (Å²) in [5.74, 6) is 0.290. The molecule has 0 aromatic carbocycles. The fraction of sp³-hybridized carbons (Fsp3) is 0.267. The number of guanidine groups is 1. The zero-order valence-electron chi connectivity index (χ0n) is 12.0. The van der Waals surface area contributed by atoms with E-state index in [4.69, 9.17) is 11.6 Å². The van der Waals surface area contributed by atoms with E-state index < -0.39 is 5.03 Å². The number of anilines is 1. The van der Waals surface area contributed by atoms with Gasteiger partial charge >= 0.3 is 0 Å². The van der Waals surface area contributed by atoms with Crippen LogP contribution < -0.4 is 4.90 Å². The summed E-state index contributed by atoms with van der Waals surface area (Å²) in [7, 11) is 0. The highest BCUT2D eigenvalue weighted by molar-refractivity contribution is 6.29. The second kappa shape index (κ2) is 7.69. The number of hydrogen-bond acceptors (Lipinski definition) is 4. The highest BCUT2D eigenvalue weighted by Crippen LogP contribution is 2.21. The molecular formula is C15H17ClN6O2. The Kier molecular flexibility index (Phi) is 5.64. The largest absolute Gasteiger partial charge is 0.331 e.